The van der Waals surface area contributed by atoms with Crippen LogP contribution in [0.15, 0.2) is 24.3 Å². The fourth-order valence-corrected chi connectivity index (χ4v) is 3.32. The molecule has 3 nitrogen and oxygen atoms in total. The molecule has 0 spiro atoms. The van der Waals surface area contributed by atoms with E-state index in [4.69, 9.17) is 9.47 Å². The largest absolute Gasteiger partial charge is 0.493 e. The van der Waals surface area contributed by atoms with E-state index in [1.165, 1.54) is 5.56 Å². The van der Waals surface area contributed by atoms with Crippen LogP contribution in [0.1, 0.15) is 24.3 Å². The number of hydrogen-bond acceptors (Lipinski definition) is 3. The fraction of sp³-hybridized carbons (Fsp3) is 0.600. The third-order valence-electron chi connectivity index (χ3n) is 4.22. The van der Waals surface area contributed by atoms with Gasteiger partial charge in [-0.1, -0.05) is 18.2 Å². The summed E-state index contributed by atoms with van der Waals surface area (Å²) < 4.78 is 11.4. The highest BCUT2D eigenvalue weighted by atomic mass is 16.5. The highest BCUT2D eigenvalue weighted by Crippen LogP contribution is 2.43. The van der Waals surface area contributed by atoms with Gasteiger partial charge in [-0.25, -0.2) is 0 Å². The van der Waals surface area contributed by atoms with Crippen molar-refractivity contribution in [3.05, 3.63) is 29.8 Å². The van der Waals surface area contributed by atoms with Gasteiger partial charge in [-0.3, -0.25) is 0 Å². The summed E-state index contributed by atoms with van der Waals surface area (Å²) in [6, 6.07) is 8.43. The van der Waals surface area contributed by atoms with Crippen molar-refractivity contribution in [3.63, 3.8) is 0 Å². The molecule has 0 bridgehead atoms. The molecule has 0 aliphatic carbocycles. The zero-order valence-corrected chi connectivity index (χ0v) is 10.9. The van der Waals surface area contributed by atoms with Crippen molar-refractivity contribution in [1.82, 2.24) is 5.32 Å². The molecular weight excluding hydrogens is 226 g/mol. The molecule has 3 rings (SSSR count). The summed E-state index contributed by atoms with van der Waals surface area (Å²) in [5.41, 5.74) is 1.67. The van der Waals surface area contributed by atoms with Gasteiger partial charge < -0.3 is 14.8 Å². The Bertz CT molecular complexity index is 413. The molecule has 1 saturated heterocycles. The van der Waals surface area contributed by atoms with Crippen molar-refractivity contribution >= 4 is 0 Å². The number of ether oxygens (including phenoxy) is 2. The van der Waals surface area contributed by atoms with Gasteiger partial charge >= 0.3 is 0 Å². The summed E-state index contributed by atoms with van der Waals surface area (Å²) in [4.78, 5) is 0. The number of nitrogens with one attached hydrogen (secondary N) is 1. The van der Waals surface area contributed by atoms with Crippen LogP contribution in [0.4, 0.5) is 0 Å². The summed E-state index contributed by atoms with van der Waals surface area (Å²) in [5, 5.41) is 3.33. The molecule has 1 fully saturated rings. The fourth-order valence-electron chi connectivity index (χ4n) is 3.32. The van der Waals surface area contributed by atoms with E-state index in [2.05, 4.69) is 23.5 Å². The Balaban J connectivity index is 1.77. The van der Waals surface area contributed by atoms with Crippen LogP contribution in [0.2, 0.25) is 0 Å². The van der Waals surface area contributed by atoms with Crippen molar-refractivity contribution in [3.8, 4) is 5.75 Å². The predicted molar refractivity (Wildman–Crippen MR) is 71.1 cm³/mol. The molecule has 0 amide bonds. The van der Waals surface area contributed by atoms with Gasteiger partial charge in [0.1, 0.15) is 5.75 Å². The Morgan fingerprint density at radius 1 is 1.39 bits per heavy atom. The van der Waals surface area contributed by atoms with Gasteiger partial charge in [-0.2, -0.15) is 0 Å². The van der Waals surface area contributed by atoms with Gasteiger partial charge in [-0.15, -0.1) is 0 Å². The van der Waals surface area contributed by atoms with Crippen molar-refractivity contribution in [2.75, 3.05) is 33.4 Å². The minimum absolute atomic E-state index is 0.292. The van der Waals surface area contributed by atoms with Crippen LogP contribution < -0.4 is 10.1 Å². The first-order valence-corrected chi connectivity index (χ1v) is 6.77. The Hall–Kier alpha value is -1.06. The maximum Gasteiger partial charge on any atom is 0.122 e. The minimum atomic E-state index is 0.292. The number of hydrogen-bond donors (Lipinski definition) is 1. The average molecular weight is 247 g/mol. The van der Waals surface area contributed by atoms with Crippen molar-refractivity contribution in [1.29, 1.82) is 0 Å². The van der Waals surface area contributed by atoms with E-state index < -0.39 is 0 Å². The van der Waals surface area contributed by atoms with Gasteiger partial charge in [0.2, 0.25) is 0 Å². The second-order valence-electron chi connectivity index (χ2n) is 5.58. The van der Waals surface area contributed by atoms with Crippen molar-refractivity contribution in [2.24, 2.45) is 5.41 Å². The Labute approximate surface area is 108 Å². The first-order chi connectivity index (χ1) is 8.83. The van der Waals surface area contributed by atoms with E-state index in [9.17, 15) is 0 Å². The van der Waals surface area contributed by atoms with Crippen LogP contribution in [0, 0.1) is 5.41 Å². The highest BCUT2D eigenvalue weighted by molar-refractivity contribution is 5.39. The maximum atomic E-state index is 5.78. The summed E-state index contributed by atoms with van der Waals surface area (Å²) >= 11 is 0. The molecule has 98 valence electrons. The molecule has 2 aliphatic heterocycles. The number of fused-ring (bicyclic) bond motifs is 1. The molecule has 1 aromatic rings. The minimum Gasteiger partial charge on any atom is -0.493 e. The maximum absolute atomic E-state index is 5.78. The molecule has 0 saturated carbocycles. The zero-order valence-electron chi connectivity index (χ0n) is 10.9. The van der Waals surface area contributed by atoms with Gasteiger partial charge in [0.25, 0.3) is 0 Å². The summed E-state index contributed by atoms with van der Waals surface area (Å²) in [6.45, 7) is 3.64. The lowest BCUT2D eigenvalue weighted by Gasteiger charge is -2.29. The molecule has 2 aliphatic rings. The molecule has 18 heavy (non-hydrogen) atoms. The van der Waals surface area contributed by atoms with Crippen LogP contribution in [0.5, 0.6) is 5.75 Å². The van der Waals surface area contributed by atoms with E-state index >= 15 is 0 Å². The lowest BCUT2D eigenvalue weighted by Crippen LogP contribution is -2.35. The summed E-state index contributed by atoms with van der Waals surface area (Å²) in [5.74, 6) is 1.59. The molecule has 0 radical (unpaired) electrons. The molecule has 1 N–H and O–H groups in total. The zero-order chi connectivity index (χ0) is 12.4. The van der Waals surface area contributed by atoms with Crippen molar-refractivity contribution < 1.29 is 9.47 Å². The molecule has 2 unspecified atom stereocenters. The van der Waals surface area contributed by atoms with E-state index in [1.54, 1.807) is 0 Å². The van der Waals surface area contributed by atoms with Crippen LogP contribution in [0.25, 0.3) is 0 Å². The molecule has 2 heterocycles. The first kappa shape index (κ1) is 12.0. The number of para-hydroxylation sites is 1. The standard InChI is InChI=1S/C15H21NO2/c1-16-10-15(6-7-17-11-15)8-12-9-18-14-5-3-2-4-13(12)14/h2-5,12,16H,6-11H2,1H3. The third kappa shape index (κ3) is 2.13. The van der Waals surface area contributed by atoms with Gasteiger partial charge in [0, 0.05) is 30.0 Å². The lowest BCUT2D eigenvalue weighted by molar-refractivity contribution is 0.136. The molecular formula is C15H21NO2. The average Bonchev–Trinajstić information content (AvgIpc) is 2.99. The molecule has 2 atom stereocenters. The predicted octanol–water partition coefficient (Wildman–Crippen LogP) is 2.18. The van der Waals surface area contributed by atoms with Crippen LogP contribution in [-0.2, 0) is 4.74 Å². The Kier molecular flexibility index (Phi) is 3.27. The third-order valence-corrected chi connectivity index (χ3v) is 4.22. The summed E-state index contributed by atoms with van der Waals surface area (Å²) in [6.07, 6.45) is 2.32. The van der Waals surface area contributed by atoms with Crippen LogP contribution >= 0.6 is 0 Å². The Morgan fingerprint density at radius 3 is 3.06 bits per heavy atom. The van der Waals surface area contributed by atoms with E-state index in [0.29, 0.717) is 11.3 Å². The quantitative estimate of drug-likeness (QED) is 0.884. The molecule has 0 aromatic heterocycles. The van der Waals surface area contributed by atoms with E-state index in [-0.39, 0.29) is 0 Å². The van der Waals surface area contributed by atoms with Gasteiger partial charge in [0.15, 0.2) is 0 Å². The topological polar surface area (TPSA) is 30.5 Å². The van der Waals surface area contributed by atoms with Gasteiger partial charge in [-0.05, 0) is 26.0 Å². The second-order valence-corrected chi connectivity index (χ2v) is 5.58. The SMILES string of the molecule is CNCC1(CC2COc3ccccc32)CCOC1. The van der Waals surface area contributed by atoms with Crippen LogP contribution in [0.3, 0.4) is 0 Å². The van der Waals surface area contributed by atoms with Crippen molar-refractivity contribution in [2.45, 2.75) is 18.8 Å². The molecule has 3 heteroatoms. The lowest BCUT2D eigenvalue weighted by atomic mass is 9.77. The highest BCUT2D eigenvalue weighted by Gasteiger charge is 2.39. The first-order valence-electron chi connectivity index (χ1n) is 6.77. The second kappa shape index (κ2) is 4.90. The van der Waals surface area contributed by atoms with E-state index in [0.717, 1.165) is 45.0 Å². The van der Waals surface area contributed by atoms with E-state index in [1.807, 2.05) is 13.1 Å². The number of rotatable bonds is 4. The summed E-state index contributed by atoms with van der Waals surface area (Å²) in [7, 11) is 2.03. The smallest absolute Gasteiger partial charge is 0.122 e. The Morgan fingerprint density at radius 2 is 2.28 bits per heavy atom. The van der Waals surface area contributed by atoms with Crippen LogP contribution in [-0.4, -0.2) is 33.4 Å². The molecule has 1 aromatic carbocycles. The monoisotopic (exact) mass is 247 g/mol. The van der Waals surface area contributed by atoms with Gasteiger partial charge in [0.05, 0.1) is 13.2 Å². The number of benzene rings is 1. The normalized spacial score (nSPS) is 30.2.